The van der Waals surface area contributed by atoms with Crippen LogP contribution in [0, 0.1) is 0 Å². The Kier molecular flexibility index (Phi) is 4.02. The fourth-order valence-corrected chi connectivity index (χ4v) is 2.91. The monoisotopic (exact) mass is 281 g/mol. The van der Waals surface area contributed by atoms with E-state index in [0.29, 0.717) is 5.92 Å². The normalized spacial score (nSPS) is 17.5. The Balaban J connectivity index is 1.68. The average Bonchev–Trinajstić information content (AvgIpc) is 2.52. The highest BCUT2D eigenvalue weighted by atomic mass is 16.5. The van der Waals surface area contributed by atoms with Crippen molar-refractivity contribution >= 4 is 5.97 Å². The zero-order valence-corrected chi connectivity index (χ0v) is 12.1. The van der Waals surface area contributed by atoms with Crippen molar-refractivity contribution in [3.8, 4) is 0 Å². The molecule has 0 fully saturated rings. The Hall–Kier alpha value is -2.13. The van der Waals surface area contributed by atoms with Crippen LogP contribution in [0.5, 0.6) is 0 Å². The second-order valence-electron chi connectivity index (χ2n) is 5.37. The number of hydrogen-bond acceptors (Lipinski definition) is 3. The minimum atomic E-state index is -0.399. The van der Waals surface area contributed by atoms with Gasteiger partial charge in [0.05, 0.1) is 7.11 Å². The van der Waals surface area contributed by atoms with Gasteiger partial charge in [-0.15, -0.1) is 0 Å². The van der Waals surface area contributed by atoms with Crippen molar-refractivity contribution in [3.63, 3.8) is 0 Å². The van der Waals surface area contributed by atoms with Crippen molar-refractivity contribution < 1.29 is 9.53 Å². The van der Waals surface area contributed by atoms with Crippen LogP contribution in [0.15, 0.2) is 54.6 Å². The first kappa shape index (κ1) is 13.8. The SMILES string of the molecule is COC(=O)C(NCC1Cc2ccccc21)c1ccccc1. The molecule has 0 heterocycles. The maximum Gasteiger partial charge on any atom is 0.327 e. The van der Waals surface area contributed by atoms with E-state index in [-0.39, 0.29) is 5.97 Å². The van der Waals surface area contributed by atoms with E-state index in [4.69, 9.17) is 4.74 Å². The number of rotatable bonds is 5. The quantitative estimate of drug-likeness (QED) is 0.856. The maximum atomic E-state index is 12.0. The van der Waals surface area contributed by atoms with Gasteiger partial charge in [0.25, 0.3) is 0 Å². The number of carbonyl (C=O) groups excluding carboxylic acids is 1. The summed E-state index contributed by atoms with van der Waals surface area (Å²) in [4.78, 5) is 12.0. The van der Waals surface area contributed by atoms with Gasteiger partial charge in [-0.2, -0.15) is 0 Å². The summed E-state index contributed by atoms with van der Waals surface area (Å²) in [5.41, 5.74) is 3.75. The predicted octanol–water partition coefficient (Wildman–Crippen LogP) is 2.83. The van der Waals surface area contributed by atoms with Crippen molar-refractivity contribution in [2.24, 2.45) is 0 Å². The molecule has 0 spiro atoms. The first-order valence-corrected chi connectivity index (χ1v) is 7.23. The number of fused-ring (bicyclic) bond motifs is 1. The summed E-state index contributed by atoms with van der Waals surface area (Å²) in [6, 6.07) is 17.8. The Bertz CT molecular complexity index is 624. The minimum Gasteiger partial charge on any atom is -0.468 e. The summed E-state index contributed by atoms with van der Waals surface area (Å²) in [7, 11) is 1.43. The van der Waals surface area contributed by atoms with E-state index in [1.807, 2.05) is 30.3 Å². The molecule has 1 aliphatic rings. The molecular weight excluding hydrogens is 262 g/mol. The zero-order chi connectivity index (χ0) is 14.7. The van der Waals surface area contributed by atoms with Crippen LogP contribution in [-0.4, -0.2) is 19.6 Å². The Morgan fingerprint density at radius 3 is 2.62 bits per heavy atom. The summed E-state index contributed by atoms with van der Waals surface area (Å²) in [6.07, 6.45) is 1.08. The smallest absolute Gasteiger partial charge is 0.327 e. The standard InChI is InChI=1S/C18H19NO2/c1-21-18(20)17(13-7-3-2-4-8-13)19-12-15-11-14-9-5-6-10-16(14)15/h2-10,15,17,19H,11-12H2,1H3. The Morgan fingerprint density at radius 1 is 1.19 bits per heavy atom. The van der Waals surface area contributed by atoms with Gasteiger partial charge in [0, 0.05) is 12.5 Å². The van der Waals surface area contributed by atoms with E-state index < -0.39 is 6.04 Å². The van der Waals surface area contributed by atoms with E-state index in [2.05, 4.69) is 29.6 Å². The molecule has 3 rings (SSSR count). The molecular formula is C18H19NO2. The molecule has 3 nitrogen and oxygen atoms in total. The van der Waals surface area contributed by atoms with Gasteiger partial charge in [0.1, 0.15) is 6.04 Å². The number of nitrogens with one attached hydrogen (secondary N) is 1. The highest BCUT2D eigenvalue weighted by molar-refractivity contribution is 5.77. The van der Waals surface area contributed by atoms with Crippen LogP contribution in [0.25, 0.3) is 0 Å². The highest BCUT2D eigenvalue weighted by Crippen LogP contribution is 2.34. The second kappa shape index (κ2) is 6.10. The second-order valence-corrected chi connectivity index (χ2v) is 5.37. The lowest BCUT2D eigenvalue weighted by Gasteiger charge is -2.31. The van der Waals surface area contributed by atoms with Crippen LogP contribution in [0.1, 0.15) is 28.7 Å². The molecule has 2 aromatic rings. The Morgan fingerprint density at radius 2 is 1.90 bits per heavy atom. The number of methoxy groups -OCH3 is 1. The van der Waals surface area contributed by atoms with E-state index >= 15 is 0 Å². The van der Waals surface area contributed by atoms with Gasteiger partial charge < -0.3 is 10.1 Å². The van der Waals surface area contributed by atoms with Crippen LogP contribution >= 0.6 is 0 Å². The lowest BCUT2D eigenvalue weighted by Crippen LogP contribution is -2.35. The Labute approximate surface area is 124 Å². The lowest BCUT2D eigenvalue weighted by molar-refractivity contribution is -0.143. The highest BCUT2D eigenvalue weighted by Gasteiger charge is 2.28. The third-order valence-corrected chi connectivity index (χ3v) is 4.10. The summed E-state index contributed by atoms with van der Waals surface area (Å²) in [6.45, 7) is 0.783. The van der Waals surface area contributed by atoms with E-state index in [1.165, 1.54) is 18.2 Å². The maximum absolute atomic E-state index is 12.0. The molecule has 0 bridgehead atoms. The molecule has 0 amide bonds. The molecule has 2 atom stereocenters. The molecule has 2 aromatic carbocycles. The van der Waals surface area contributed by atoms with Gasteiger partial charge >= 0.3 is 5.97 Å². The summed E-state index contributed by atoms with van der Waals surface area (Å²) < 4.78 is 4.92. The third-order valence-electron chi connectivity index (χ3n) is 4.10. The molecule has 1 N–H and O–H groups in total. The molecule has 0 aliphatic heterocycles. The fraction of sp³-hybridized carbons (Fsp3) is 0.278. The van der Waals surface area contributed by atoms with Gasteiger partial charge in [-0.25, -0.2) is 4.79 Å². The molecule has 21 heavy (non-hydrogen) atoms. The van der Waals surface area contributed by atoms with Gasteiger partial charge in [0.2, 0.25) is 0 Å². The number of esters is 1. The van der Waals surface area contributed by atoms with Gasteiger partial charge in [0.15, 0.2) is 0 Å². The van der Waals surface area contributed by atoms with Gasteiger partial charge in [-0.05, 0) is 23.1 Å². The molecule has 2 unspecified atom stereocenters. The topological polar surface area (TPSA) is 38.3 Å². The molecule has 3 heteroatoms. The first-order valence-electron chi connectivity index (χ1n) is 7.23. The van der Waals surface area contributed by atoms with E-state index in [9.17, 15) is 4.79 Å². The zero-order valence-electron chi connectivity index (χ0n) is 12.1. The minimum absolute atomic E-state index is 0.242. The van der Waals surface area contributed by atoms with Crippen molar-refractivity contribution in [1.29, 1.82) is 0 Å². The molecule has 0 radical (unpaired) electrons. The molecule has 1 aliphatic carbocycles. The summed E-state index contributed by atoms with van der Waals surface area (Å²) in [5.74, 6) is 0.242. The van der Waals surface area contributed by atoms with Crippen molar-refractivity contribution in [2.45, 2.75) is 18.4 Å². The molecule has 0 saturated carbocycles. The number of hydrogen-bond donors (Lipinski definition) is 1. The van der Waals surface area contributed by atoms with E-state index in [0.717, 1.165) is 18.5 Å². The van der Waals surface area contributed by atoms with Gasteiger partial charge in [-0.3, -0.25) is 0 Å². The largest absolute Gasteiger partial charge is 0.468 e. The van der Waals surface area contributed by atoms with Crippen LogP contribution < -0.4 is 5.32 Å². The van der Waals surface area contributed by atoms with Crippen LogP contribution in [0.2, 0.25) is 0 Å². The summed E-state index contributed by atoms with van der Waals surface area (Å²) >= 11 is 0. The van der Waals surface area contributed by atoms with Crippen molar-refractivity contribution in [3.05, 3.63) is 71.3 Å². The number of carbonyl (C=O) groups is 1. The fourth-order valence-electron chi connectivity index (χ4n) is 2.91. The predicted molar refractivity (Wildman–Crippen MR) is 82.1 cm³/mol. The molecule has 0 saturated heterocycles. The van der Waals surface area contributed by atoms with Gasteiger partial charge in [-0.1, -0.05) is 54.6 Å². The van der Waals surface area contributed by atoms with Crippen molar-refractivity contribution in [2.75, 3.05) is 13.7 Å². The third kappa shape index (κ3) is 2.83. The number of benzene rings is 2. The molecule has 0 aromatic heterocycles. The van der Waals surface area contributed by atoms with Crippen LogP contribution in [0.3, 0.4) is 0 Å². The number of ether oxygens (including phenoxy) is 1. The summed E-state index contributed by atoms with van der Waals surface area (Å²) in [5, 5.41) is 3.36. The average molecular weight is 281 g/mol. The first-order chi connectivity index (χ1) is 10.3. The van der Waals surface area contributed by atoms with Crippen LogP contribution in [0.4, 0.5) is 0 Å². The molecule has 108 valence electrons. The lowest BCUT2D eigenvalue weighted by atomic mass is 9.77. The van der Waals surface area contributed by atoms with E-state index in [1.54, 1.807) is 0 Å². The van der Waals surface area contributed by atoms with Crippen LogP contribution in [-0.2, 0) is 16.0 Å². The van der Waals surface area contributed by atoms with Crippen molar-refractivity contribution in [1.82, 2.24) is 5.32 Å².